The first-order chi connectivity index (χ1) is 13.5. The Morgan fingerprint density at radius 3 is 2.36 bits per heavy atom. The van der Waals surface area contributed by atoms with Gasteiger partial charge in [0.2, 0.25) is 10.0 Å². The molecule has 3 aromatic rings. The second-order valence-electron chi connectivity index (χ2n) is 6.65. The number of nitrogens with zero attached hydrogens (tertiary/aromatic N) is 4. The molecule has 1 aliphatic rings. The molecule has 1 aliphatic heterocycles. The Bertz CT molecular complexity index is 1110. The third-order valence-corrected chi connectivity index (χ3v) is 7.21. The number of hydrogen-bond acceptors (Lipinski definition) is 5. The molecule has 0 spiro atoms. The molecule has 0 aliphatic carbocycles. The first kappa shape index (κ1) is 19.1. The van der Waals surface area contributed by atoms with E-state index in [1.807, 2.05) is 48.5 Å². The molecule has 8 heteroatoms. The van der Waals surface area contributed by atoms with E-state index in [4.69, 9.17) is 21.6 Å². The number of sulfonamides is 1. The zero-order chi connectivity index (χ0) is 19.7. The van der Waals surface area contributed by atoms with E-state index in [9.17, 15) is 8.42 Å². The maximum absolute atomic E-state index is 12.2. The van der Waals surface area contributed by atoms with Crippen LogP contribution in [-0.2, 0) is 10.0 Å². The normalized spacial score (nSPS) is 15.9. The molecular formula is C20H21ClN4O2S. The molecule has 0 bridgehead atoms. The van der Waals surface area contributed by atoms with Crippen LogP contribution in [0.5, 0.6) is 0 Å². The number of benzene rings is 2. The molecule has 1 fully saturated rings. The van der Waals surface area contributed by atoms with E-state index in [1.54, 1.807) is 11.2 Å². The van der Waals surface area contributed by atoms with Crippen molar-refractivity contribution in [2.45, 2.75) is 6.92 Å². The smallest absolute Gasteiger partial charge is 0.213 e. The largest absolute Gasteiger partial charge is 0.353 e. The Labute approximate surface area is 169 Å². The summed E-state index contributed by atoms with van der Waals surface area (Å²) in [4.78, 5) is 11.7. The van der Waals surface area contributed by atoms with Gasteiger partial charge in [0, 0.05) is 37.1 Å². The Balaban J connectivity index is 1.74. The molecule has 2 aromatic carbocycles. The van der Waals surface area contributed by atoms with Crippen LogP contribution in [0.25, 0.3) is 22.3 Å². The van der Waals surface area contributed by atoms with Crippen LogP contribution in [0, 0.1) is 0 Å². The van der Waals surface area contributed by atoms with Crippen LogP contribution in [0.4, 0.5) is 5.82 Å². The minimum absolute atomic E-state index is 0.125. The Kier molecular flexibility index (Phi) is 5.23. The summed E-state index contributed by atoms with van der Waals surface area (Å²) in [5.41, 5.74) is 1.62. The lowest BCUT2D eigenvalue weighted by molar-refractivity contribution is 0.385. The van der Waals surface area contributed by atoms with E-state index in [1.165, 1.54) is 0 Å². The van der Waals surface area contributed by atoms with Crippen molar-refractivity contribution in [3.63, 3.8) is 0 Å². The van der Waals surface area contributed by atoms with Crippen molar-refractivity contribution >= 4 is 38.3 Å². The Morgan fingerprint density at radius 2 is 1.64 bits per heavy atom. The summed E-state index contributed by atoms with van der Waals surface area (Å²) in [5, 5.41) is 1.55. The van der Waals surface area contributed by atoms with Crippen LogP contribution in [0.2, 0.25) is 5.02 Å². The van der Waals surface area contributed by atoms with Crippen LogP contribution in [0.15, 0.2) is 48.5 Å². The van der Waals surface area contributed by atoms with Gasteiger partial charge in [0.25, 0.3) is 0 Å². The topological polar surface area (TPSA) is 66.4 Å². The van der Waals surface area contributed by atoms with Gasteiger partial charge >= 0.3 is 0 Å². The van der Waals surface area contributed by atoms with Gasteiger partial charge in [-0.15, -0.1) is 0 Å². The number of fused-ring (bicyclic) bond motifs is 1. The molecule has 0 amide bonds. The fourth-order valence-corrected chi connectivity index (χ4v) is 4.73. The van der Waals surface area contributed by atoms with Crippen molar-refractivity contribution in [2.75, 3.05) is 36.8 Å². The van der Waals surface area contributed by atoms with Crippen LogP contribution < -0.4 is 4.90 Å². The van der Waals surface area contributed by atoms with Gasteiger partial charge in [0.05, 0.1) is 16.3 Å². The molecule has 146 valence electrons. The van der Waals surface area contributed by atoms with Crippen molar-refractivity contribution < 1.29 is 8.42 Å². The van der Waals surface area contributed by atoms with Crippen LogP contribution in [0.1, 0.15) is 6.92 Å². The first-order valence-corrected chi connectivity index (χ1v) is 11.2. The van der Waals surface area contributed by atoms with Gasteiger partial charge in [0.15, 0.2) is 5.82 Å². The summed E-state index contributed by atoms with van der Waals surface area (Å²) < 4.78 is 25.9. The fourth-order valence-electron chi connectivity index (χ4n) is 3.42. The molecule has 2 heterocycles. The van der Waals surface area contributed by atoms with Gasteiger partial charge in [-0.05, 0) is 31.2 Å². The summed E-state index contributed by atoms with van der Waals surface area (Å²) in [6.07, 6.45) is 0. The predicted molar refractivity (Wildman–Crippen MR) is 113 cm³/mol. The van der Waals surface area contributed by atoms with E-state index in [0.29, 0.717) is 37.0 Å². The molecule has 0 saturated carbocycles. The molecule has 0 unspecified atom stereocenters. The molecule has 0 N–H and O–H groups in total. The standard InChI is InChI=1S/C20H21ClN4O2S/c1-2-28(26,27)25-13-11-24(12-14-25)20-16-8-4-6-10-18(16)22-19(23-20)15-7-3-5-9-17(15)21/h3-10H,2,11-14H2,1H3. The summed E-state index contributed by atoms with van der Waals surface area (Å²) in [6.45, 7) is 3.76. The summed E-state index contributed by atoms with van der Waals surface area (Å²) in [5.74, 6) is 1.51. The molecule has 4 rings (SSSR count). The fraction of sp³-hybridized carbons (Fsp3) is 0.300. The lowest BCUT2D eigenvalue weighted by Gasteiger charge is -2.35. The third-order valence-electron chi connectivity index (χ3n) is 4.99. The van der Waals surface area contributed by atoms with Crippen molar-refractivity contribution in [3.05, 3.63) is 53.6 Å². The highest BCUT2D eigenvalue weighted by Crippen LogP contribution is 2.31. The summed E-state index contributed by atoms with van der Waals surface area (Å²) in [7, 11) is -3.17. The maximum atomic E-state index is 12.2. The third kappa shape index (κ3) is 3.57. The number of rotatable bonds is 4. The molecule has 0 radical (unpaired) electrons. The van der Waals surface area contributed by atoms with Gasteiger partial charge in [-0.1, -0.05) is 35.9 Å². The van der Waals surface area contributed by atoms with E-state index in [-0.39, 0.29) is 5.75 Å². The Morgan fingerprint density at radius 1 is 0.964 bits per heavy atom. The van der Waals surface area contributed by atoms with Gasteiger partial charge in [-0.3, -0.25) is 0 Å². The number of halogens is 1. The second kappa shape index (κ2) is 7.66. The summed E-state index contributed by atoms with van der Waals surface area (Å²) >= 11 is 6.37. The van der Waals surface area contributed by atoms with Crippen molar-refractivity contribution in [1.29, 1.82) is 0 Å². The van der Waals surface area contributed by atoms with Gasteiger partial charge < -0.3 is 4.90 Å². The molecular weight excluding hydrogens is 396 g/mol. The van der Waals surface area contributed by atoms with E-state index in [2.05, 4.69) is 4.90 Å². The number of hydrogen-bond donors (Lipinski definition) is 0. The van der Waals surface area contributed by atoms with Crippen molar-refractivity contribution in [2.24, 2.45) is 0 Å². The molecule has 6 nitrogen and oxygen atoms in total. The van der Waals surface area contributed by atoms with Crippen molar-refractivity contribution in [1.82, 2.24) is 14.3 Å². The van der Waals surface area contributed by atoms with E-state index < -0.39 is 10.0 Å². The van der Waals surface area contributed by atoms with Gasteiger partial charge in [0.1, 0.15) is 5.82 Å². The SMILES string of the molecule is CCS(=O)(=O)N1CCN(c2nc(-c3ccccc3Cl)nc3ccccc23)CC1. The molecule has 28 heavy (non-hydrogen) atoms. The van der Waals surface area contributed by atoms with Crippen LogP contribution in [-0.4, -0.2) is 54.6 Å². The highest BCUT2D eigenvalue weighted by atomic mass is 35.5. The highest BCUT2D eigenvalue weighted by Gasteiger charge is 2.27. The van der Waals surface area contributed by atoms with E-state index in [0.717, 1.165) is 22.3 Å². The summed E-state index contributed by atoms with van der Waals surface area (Å²) in [6, 6.07) is 15.4. The quantitative estimate of drug-likeness (QED) is 0.651. The lowest BCUT2D eigenvalue weighted by Crippen LogP contribution is -2.49. The van der Waals surface area contributed by atoms with Gasteiger partial charge in [-0.25, -0.2) is 18.4 Å². The monoisotopic (exact) mass is 416 g/mol. The lowest BCUT2D eigenvalue weighted by atomic mass is 10.1. The molecule has 1 aromatic heterocycles. The Hall–Kier alpha value is -2.22. The zero-order valence-corrected chi connectivity index (χ0v) is 17.1. The predicted octanol–water partition coefficient (Wildman–Crippen LogP) is 3.42. The van der Waals surface area contributed by atoms with Crippen LogP contribution >= 0.6 is 11.6 Å². The number of piperazine rings is 1. The number of aromatic nitrogens is 2. The minimum atomic E-state index is -3.17. The van der Waals surface area contributed by atoms with Gasteiger partial charge in [-0.2, -0.15) is 4.31 Å². The first-order valence-electron chi connectivity index (χ1n) is 9.24. The average Bonchev–Trinajstić information content (AvgIpc) is 2.73. The minimum Gasteiger partial charge on any atom is -0.353 e. The number of para-hydroxylation sites is 1. The highest BCUT2D eigenvalue weighted by molar-refractivity contribution is 7.89. The maximum Gasteiger partial charge on any atom is 0.213 e. The van der Waals surface area contributed by atoms with Crippen molar-refractivity contribution in [3.8, 4) is 11.4 Å². The molecule has 1 saturated heterocycles. The zero-order valence-electron chi connectivity index (χ0n) is 15.5. The average molecular weight is 417 g/mol. The van der Waals surface area contributed by atoms with E-state index >= 15 is 0 Å². The second-order valence-corrected chi connectivity index (χ2v) is 9.32. The van der Waals surface area contributed by atoms with Crippen LogP contribution in [0.3, 0.4) is 0 Å². The number of anilines is 1. The molecule has 0 atom stereocenters.